The second kappa shape index (κ2) is 20.6. The first kappa shape index (κ1) is 43.8. The number of hydrogen-bond donors (Lipinski definition) is 12. The van der Waals surface area contributed by atoms with Crippen molar-refractivity contribution in [1.29, 1.82) is 0 Å². The van der Waals surface area contributed by atoms with Crippen LogP contribution in [-0.4, -0.2) is 152 Å². The van der Waals surface area contributed by atoms with Gasteiger partial charge in [0, 0.05) is 17.7 Å². The molecule has 7 atom stereocenters. The van der Waals surface area contributed by atoms with Crippen molar-refractivity contribution in [3.8, 4) is 0 Å². The summed E-state index contributed by atoms with van der Waals surface area (Å²) in [6, 6.07) is -5.17. The summed E-state index contributed by atoms with van der Waals surface area (Å²) < 4.78 is 5.23. The minimum Gasteiger partial charge on any atom is -0.480 e. The molecule has 2 unspecified atom stereocenters. The van der Waals surface area contributed by atoms with Crippen LogP contribution >= 0.6 is 11.8 Å². The predicted molar refractivity (Wildman–Crippen MR) is 178 cm³/mol. The summed E-state index contributed by atoms with van der Waals surface area (Å²) in [5.74, 6) is -7.58. The smallest absolute Gasteiger partial charge is 0.352 e. The Morgan fingerprint density at radius 3 is 2.27 bits per heavy atom. The van der Waals surface area contributed by atoms with E-state index in [0.717, 1.165) is 16.7 Å². The number of carboxylic acid groups (broad SMARTS) is 2. The summed E-state index contributed by atoms with van der Waals surface area (Å²) in [5, 5.41) is 56.6. The number of esters is 1. The Morgan fingerprint density at radius 1 is 1.00 bits per heavy atom. The third-order valence-corrected chi connectivity index (χ3v) is 9.50. The highest BCUT2D eigenvalue weighted by atomic mass is 32.2. The number of hydrogen-bond acceptors (Lipinski definition) is 16. The predicted octanol–water partition coefficient (Wildman–Crippen LogP) is -5.91. The molecule has 2 heterocycles. The number of carbonyl (C=O) groups excluding carboxylic acids is 6. The molecule has 2 rings (SSSR count). The van der Waals surface area contributed by atoms with E-state index in [2.05, 4.69) is 21.3 Å². The molecule has 0 radical (unpaired) electrons. The number of carbonyl (C=O) groups is 8. The van der Waals surface area contributed by atoms with Crippen molar-refractivity contribution in [3.05, 3.63) is 11.3 Å². The van der Waals surface area contributed by atoms with Crippen LogP contribution in [0.25, 0.3) is 0 Å². The molecule has 2 aliphatic rings. The van der Waals surface area contributed by atoms with Gasteiger partial charge in [-0.15, -0.1) is 11.8 Å². The number of β-lactam (4-membered cyclic amide) rings is 1. The fraction of sp³-hybridized carbons (Fsp3) is 0.655. The number of ether oxygens (including phenoxy) is 1. The number of aliphatic hydroxyl groups is 3. The van der Waals surface area contributed by atoms with E-state index in [4.69, 9.17) is 32.2 Å². The average Bonchev–Trinajstić information content (AvgIpc) is 3.10. The molecule has 52 heavy (non-hydrogen) atoms. The third-order valence-electron chi connectivity index (χ3n) is 8.11. The highest BCUT2D eigenvalue weighted by Gasteiger charge is 2.66. The summed E-state index contributed by atoms with van der Waals surface area (Å²) in [6.07, 6.45) is -1.35. The summed E-state index contributed by atoms with van der Waals surface area (Å²) in [7, 11) is 0. The second-order valence-corrected chi connectivity index (χ2v) is 13.0. The van der Waals surface area contributed by atoms with Crippen LogP contribution in [-0.2, 0) is 43.1 Å². The molecule has 0 aliphatic carbocycles. The van der Waals surface area contributed by atoms with Gasteiger partial charge < -0.3 is 68.7 Å². The van der Waals surface area contributed by atoms with Crippen LogP contribution in [0.1, 0.15) is 44.9 Å². The number of aliphatic hydroxyl groups excluding tert-OH is 3. The van der Waals surface area contributed by atoms with E-state index in [-0.39, 0.29) is 50.0 Å². The number of nitrogens with two attached hydrogens (primary N) is 3. The molecule has 292 valence electrons. The minimum absolute atomic E-state index is 0.0194. The van der Waals surface area contributed by atoms with Crippen molar-refractivity contribution < 1.29 is 68.6 Å². The summed E-state index contributed by atoms with van der Waals surface area (Å²) in [4.78, 5) is 99.1. The molecule has 22 nitrogen and oxygen atoms in total. The van der Waals surface area contributed by atoms with Gasteiger partial charge in [-0.2, -0.15) is 0 Å². The van der Waals surface area contributed by atoms with Crippen LogP contribution < -0.4 is 38.5 Å². The molecule has 0 saturated carbocycles. The monoisotopic (exact) mass is 762 g/mol. The first-order chi connectivity index (χ1) is 24.6. The third kappa shape index (κ3) is 11.3. The maximum atomic E-state index is 13.3. The largest absolute Gasteiger partial charge is 0.480 e. The molecule has 0 aromatic heterocycles. The van der Waals surface area contributed by atoms with E-state index in [9.17, 15) is 53.7 Å². The normalized spacial score (nSPS) is 20.9. The molecule has 23 heteroatoms. The fourth-order valence-corrected chi connectivity index (χ4v) is 6.65. The molecule has 0 spiro atoms. The maximum Gasteiger partial charge on any atom is 0.352 e. The van der Waals surface area contributed by atoms with Gasteiger partial charge in [-0.1, -0.05) is 6.42 Å². The van der Waals surface area contributed by atoms with E-state index in [1.807, 2.05) is 0 Å². The summed E-state index contributed by atoms with van der Waals surface area (Å²) in [6.45, 7) is -1.92. The quantitative estimate of drug-likeness (QED) is 0.0143. The number of nitrogens with one attached hydrogen (secondary N) is 4. The Hall–Kier alpha value is -4.39. The van der Waals surface area contributed by atoms with Gasteiger partial charge in [0.25, 0.3) is 5.91 Å². The van der Waals surface area contributed by atoms with Crippen LogP contribution in [0.15, 0.2) is 11.3 Å². The fourth-order valence-electron chi connectivity index (χ4n) is 5.24. The summed E-state index contributed by atoms with van der Waals surface area (Å²) in [5.41, 5.74) is 13.8. The molecular formula is C29H46N8O14S. The lowest BCUT2D eigenvalue weighted by molar-refractivity contribution is -0.162. The molecular weight excluding hydrogens is 716 g/mol. The SMILES string of the molecule is NCCCC[C@H](NC(=O)[C@@H](CO)NC(=O)C(N)CO)[C@H](O)CC(=O)OCC1=C(C(=O)O)N2C(=O)[C@@](NC=O)(NC(=O)CCC[C@H](N)C(=O)O)C2SC1. The second-order valence-electron chi connectivity index (χ2n) is 11.9. The molecule has 0 bridgehead atoms. The average molecular weight is 763 g/mol. The Balaban J connectivity index is 2.12. The number of aliphatic carboxylic acids is 2. The maximum absolute atomic E-state index is 13.3. The van der Waals surface area contributed by atoms with Gasteiger partial charge in [0.05, 0.1) is 31.8 Å². The van der Waals surface area contributed by atoms with Crippen LogP contribution in [0.4, 0.5) is 0 Å². The zero-order chi connectivity index (χ0) is 39.2. The van der Waals surface area contributed by atoms with Crippen molar-refractivity contribution in [2.75, 3.05) is 32.1 Å². The van der Waals surface area contributed by atoms with Crippen molar-refractivity contribution in [2.24, 2.45) is 17.2 Å². The first-order valence-electron chi connectivity index (χ1n) is 16.1. The Labute approximate surface area is 301 Å². The summed E-state index contributed by atoms with van der Waals surface area (Å²) >= 11 is 0.948. The zero-order valence-electron chi connectivity index (χ0n) is 28.0. The highest BCUT2D eigenvalue weighted by Crippen LogP contribution is 2.45. The molecule has 2 aliphatic heterocycles. The zero-order valence-corrected chi connectivity index (χ0v) is 28.8. The van der Waals surface area contributed by atoms with Crippen molar-refractivity contribution in [1.82, 2.24) is 26.2 Å². The Bertz CT molecular complexity index is 1390. The molecule has 15 N–H and O–H groups in total. The van der Waals surface area contributed by atoms with E-state index in [1.54, 1.807) is 0 Å². The lowest BCUT2D eigenvalue weighted by Gasteiger charge is -2.56. The first-order valence-corrected chi connectivity index (χ1v) is 17.2. The van der Waals surface area contributed by atoms with E-state index in [0.29, 0.717) is 12.8 Å². The molecule has 5 amide bonds. The van der Waals surface area contributed by atoms with Crippen LogP contribution in [0, 0.1) is 0 Å². The Morgan fingerprint density at radius 2 is 1.69 bits per heavy atom. The number of fused-ring (bicyclic) bond motifs is 1. The molecule has 1 fully saturated rings. The lowest BCUT2D eigenvalue weighted by Crippen LogP contribution is -2.85. The Kier molecular flexibility index (Phi) is 17.3. The van der Waals surface area contributed by atoms with E-state index in [1.165, 1.54) is 0 Å². The number of carboxylic acids is 2. The van der Waals surface area contributed by atoms with Gasteiger partial charge in [0.2, 0.25) is 29.8 Å². The number of nitrogens with zero attached hydrogens (tertiary/aromatic N) is 1. The van der Waals surface area contributed by atoms with Gasteiger partial charge in [0.1, 0.15) is 35.8 Å². The number of amides is 5. The van der Waals surface area contributed by atoms with Gasteiger partial charge >= 0.3 is 17.9 Å². The number of rotatable bonds is 24. The van der Waals surface area contributed by atoms with Gasteiger partial charge in [0.15, 0.2) is 0 Å². The van der Waals surface area contributed by atoms with Crippen molar-refractivity contribution in [2.45, 2.75) is 86.3 Å². The van der Waals surface area contributed by atoms with E-state index < -0.39 is 115 Å². The van der Waals surface area contributed by atoms with E-state index >= 15 is 0 Å². The van der Waals surface area contributed by atoms with Gasteiger partial charge in [-0.25, -0.2) is 4.79 Å². The highest BCUT2D eigenvalue weighted by molar-refractivity contribution is 8.00. The number of thioether (sulfide) groups is 1. The van der Waals surface area contributed by atoms with Crippen LogP contribution in [0.2, 0.25) is 0 Å². The molecule has 1 saturated heterocycles. The standard InChI is InChI=1S/C29H46N8O14S/c30-7-2-1-5-17(34-24(45)18(10-39)35-23(44)16(32)9-38)19(41)8-21(43)51-11-14-12-52-28-29(33-13-40,27(50)37(28)22(14)26(48)49)36-20(42)6-3-4-15(31)25(46)47/h13,15-19,28,38-39,41H,1-12,30-32H2,(H,33,40)(H,34,45)(H,35,44)(H,36,42)(H,46,47)(H,48,49)/t15-,16?,17-,18+,19+,28?,29+/m0/s1. The van der Waals surface area contributed by atoms with Gasteiger partial charge in [-0.3, -0.25) is 38.5 Å². The molecule has 0 aromatic rings. The van der Waals surface area contributed by atoms with Crippen molar-refractivity contribution in [3.63, 3.8) is 0 Å². The van der Waals surface area contributed by atoms with Gasteiger partial charge in [-0.05, 0) is 32.2 Å². The minimum atomic E-state index is -2.02. The van der Waals surface area contributed by atoms with Crippen LogP contribution in [0.3, 0.4) is 0 Å². The lowest BCUT2D eigenvalue weighted by atomic mass is 9.94. The number of unbranched alkanes of at least 4 members (excludes halogenated alkanes) is 1. The van der Waals surface area contributed by atoms with Crippen LogP contribution in [0.5, 0.6) is 0 Å². The molecule has 0 aromatic carbocycles. The topological polar surface area (TPSA) is 376 Å². The van der Waals surface area contributed by atoms with Crippen molar-refractivity contribution >= 4 is 59.7 Å².